The van der Waals surface area contributed by atoms with E-state index < -0.39 is 0 Å². The molecule has 0 radical (unpaired) electrons. The predicted molar refractivity (Wildman–Crippen MR) is 99.7 cm³/mol. The molecule has 3 rings (SSSR count). The number of carbonyl (C=O) groups is 1. The maximum atomic E-state index is 11.9. The Hall–Kier alpha value is -2.61. The van der Waals surface area contributed by atoms with Crippen LogP contribution in [-0.4, -0.2) is 38.1 Å². The fourth-order valence-corrected chi connectivity index (χ4v) is 3.32. The lowest BCUT2D eigenvalue weighted by Crippen LogP contribution is -2.26. The molecular formula is C18H21N5O2S. The number of rotatable bonds is 8. The molecular weight excluding hydrogens is 350 g/mol. The summed E-state index contributed by atoms with van der Waals surface area (Å²) in [4.78, 5) is 11.9. The van der Waals surface area contributed by atoms with Crippen molar-refractivity contribution in [3.8, 4) is 11.4 Å². The van der Waals surface area contributed by atoms with E-state index in [1.807, 2.05) is 54.9 Å². The number of nitrogens with zero attached hydrogens (tertiary/aromatic N) is 4. The molecule has 0 fully saturated rings. The van der Waals surface area contributed by atoms with E-state index in [0.29, 0.717) is 25.1 Å². The summed E-state index contributed by atoms with van der Waals surface area (Å²) in [5.74, 6) is 2.26. The zero-order valence-electron chi connectivity index (χ0n) is 14.8. The van der Waals surface area contributed by atoms with Crippen LogP contribution in [0.5, 0.6) is 0 Å². The summed E-state index contributed by atoms with van der Waals surface area (Å²) in [5, 5.41) is 16.1. The average Bonchev–Trinajstić information content (AvgIpc) is 3.22. The monoisotopic (exact) mass is 371 g/mol. The van der Waals surface area contributed by atoms with Crippen LogP contribution in [0.15, 0.2) is 46.1 Å². The Morgan fingerprint density at radius 2 is 2.08 bits per heavy atom. The lowest BCUT2D eigenvalue weighted by Gasteiger charge is -2.05. The van der Waals surface area contributed by atoms with Gasteiger partial charge in [-0.15, -0.1) is 10.2 Å². The smallest absolute Gasteiger partial charge is 0.220 e. The van der Waals surface area contributed by atoms with Gasteiger partial charge >= 0.3 is 0 Å². The fraction of sp³-hybridized carbons (Fsp3) is 0.333. The van der Waals surface area contributed by atoms with Gasteiger partial charge in [0.25, 0.3) is 0 Å². The molecule has 0 unspecified atom stereocenters. The molecule has 2 heterocycles. The van der Waals surface area contributed by atoms with Crippen molar-refractivity contribution >= 4 is 17.7 Å². The molecule has 26 heavy (non-hydrogen) atoms. The van der Waals surface area contributed by atoms with E-state index in [0.717, 1.165) is 28.0 Å². The molecule has 0 aliphatic heterocycles. The third-order valence-electron chi connectivity index (χ3n) is 3.81. The zero-order valence-corrected chi connectivity index (χ0v) is 15.6. The van der Waals surface area contributed by atoms with E-state index in [4.69, 9.17) is 4.52 Å². The van der Waals surface area contributed by atoms with Gasteiger partial charge < -0.3 is 14.4 Å². The first-order chi connectivity index (χ1) is 12.6. The molecule has 7 nitrogen and oxygen atoms in total. The Morgan fingerprint density at radius 1 is 1.27 bits per heavy atom. The first-order valence-corrected chi connectivity index (χ1v) is 9.38. The van der Waals surface area contributed by atoms with E-state index >= 15 is 0 Å². The van der Waals surface area contributed by atoms with Gasteiger partial charge in [0.1, 0.15) is 5.76 Å². The number of nitrogens with one attached hydrogen (secondary N) is 1. The Morgan fingerprint density at radius 3 is 2.81 bits per heavy atom. The SMILES string of the molecule is Cc1cc(CCNC(=O)CCSc2nnc(-c3ccccc3)n2C)no1. The largest absolute Gasteiger partial charge is 0.361 e. The Balaban J connectivity index is 1.42. The summed E-state index contributed by atoms with van der Waals surface area (Å²) in [6.07, 6.45) is 1.09. The van der Waals surface area contributed by atoms with Crippen LogP contribution in [0.25, 0.3) is 11.4 Å². The summed E-state index contributed by atoms with van der Waals surface area (Å²) < 4.78 is 6.95. The summed E-state index contributed by atoms with van der Waals surface area (Å²) in [6, 6.07) is 11.8. The number of amides is 1. The number of hydrogen-bond acceptors (Lipinski definition) is 6. The molecule has 1 aromatic carbocycles. The van der Waals surface area contributed by atoms with Gasteiger partial charge in [0, 0.05) is 43.8 Å². The van der Waals surface area contributed by atoms with E-state index in [9.17, 15) is 4.79 Å². The minimum absolute atomic E-state index is 0.0168. The number of aromatic nitrogens is 4. The van der Waals surface area contributed by atoms with E-state index in [1.165, 1.54) is 11.8 Å². The molecule has 1 N–H and O–H groups in total. The number of benzene rings is 1. The number of carbonyl (C=O) groups excluding carboxylic acids is 1. The quantitative estimate of drug-likeness (QED) is 0.613. The minimum Gasteiger partial charge on any atom is -0.361 e. The second-order valence-corrected chi connectivity index (χ2v) is 6.92. The zero-order chi connectivity index (χ0) is 18.4. The van der Waals surface area contributed by atoms with Crippen molar-refractivity contribution in [3.63, 3.8) is 0 Å². The van der Waals surface area contributed by atoms with Crippen LogP contribution < -0.4 is 5.32 Å². The summed E-state index contributed by atoms with van der Waals surface area (Å²) in [6.45, 7) is 2.40. The van der Waals surface area contributed by atoms with Crippen LogP contribution in [0, 0.1) is 6.92 Å². The molecule has 8 heteroatoms. The Bertz CT molecular complexity index is 860. The molecule has 1 amide bonds. The third kappa shape index (κ3) is 4.72. The number of thioether (sulfide) groups is 1. The maximum absolute atomic E-state index is 11.9. The Kier molecular flexibility index (Phi) is 6.06. The normalized spacial score (nSPS) is 10.8. The molecule has 0 aliphatic carbocycles. The van der Waals surface area contributed by atoms with E-state index in [-0.39, 0.29) is 5.91 Å². The van der Waals surface area contributed by atoms with Crippen molar-refractivity contribution in [2.75, 3.05) is 12.3 Å². The second-order valence-electron chi connectivity index (χ2n) is 5.86. The molecule has 0 aliphatic rings. The highest BCUT2D eigenvalue weighted by Gasteiger charge is 2.11. The van der Waals surface area contributed by atoms with Crippen LogP contribution >= 0.6 is 11.8 Å². The predicted octanol–water partition coefficient (Wildman–Crippen LogP) is 2.62. The fourth-order valence-electron chi connectivity index (χ4n) is 2.47. The van der Waals surface area contributed by atoms with Crippen LogP contribution in [0.3, 0.4) is 0 Å². The van der Waals surface area contributed by atoms with Crippen molar-refractivity contribution in [1.82, 2.24) is 25.2 Å². The molecule has 0 spiro atoms. The van der Waals surface area contributed by atoms with Crippen molar-refractivity contribution in [2.45, 2.75) is 24.9 Å². The van der Waals surface area contributed by atoms with Gasteiger partial charge in [-0.25, -0.2) is 0 Å². The first-order valence-electron chi connectivity index (χ1n) is 8.40. The number of hydrogen-bond donors (Lipinski definition) is 1. The molecule has 0 saturated heterocycles. The van der Waals surface area contributed by atoms with Gasteiger partial charge in [-0.2, -0.15) is 0 Å². The van der Waals surface area contributed by atoms with Crippen LogP contribution in [-0.2, 0) is 18.3 Å². The van der Waals surface area contributed by atoms with Gasteiger partial charge in [-0.05, 0) is 6.92 Å². The third-order valence-corrected chi connectivity index (χ3v) is 4.83. The van der Waals surface area contributed by atoms with Crippen molar-refractivity contribution in [1.29, 1.82) is 0 Å². The summed E-state index contributed by atoms with van der Waals surface area (Å²) in [5.41, 5.74) is 1.87. The highest BCUT2D eigenvalue weighted by Crippen LogP contribution is 2.22. The highest BCUT2D eigenvalue weighted by molar-refractivity contribution is 7.99. The highest BCUT2D eigenvalue weighted by atomic mass is 32.2. The molecule has 2 aromatic heterocycles. The van der Waals surface area contributed by atoms with Crippen LogP contribution in [0.2, 0.25) is 0 Å². The van der Waals surface area contributed by atoms with Gasteiger partial charge in [-0.1, -0.05) is 47.3 Å². The lowest BCUT2D eigenvalue weighted by atomic mass is 10.2. The van der Waals surface area contributed by atoms with Crippen LogP contribution in [0.1, 0.15) is 17.9 Å². The van der Waals surface area contributed by atoms with Gasteiger partial charge in [0.2, 0.25) is 5.91 Å². The molecule has 0 bridgehead atoms. The summed E-state index contributed by atoms with van der Waals surface area (Å²) in [7, 11) is 1.94. The van der Waals surface area contributed by atoms with Gasteiger partial charge in [0.05, 0.1) is 5.69 Å². The number of aryl methyl sites for hydroxylation is 1. The standard InChI is InChI=1S/C18H21N5O2S/c1-13-12-15(22-25-13)8-10-19-16(24)9-11-26-18-21-20-17(23(18)2)14-6-4-3-5-7-14/h3-7,12H,8-11H2,1-2H3,(H,19,24). The maximum Gasteiger partial charge on any atom is 0.220 e. The van der Waals surface area contributed by atoms with Crippen molar-refractivity contribution in [2.24, 2.45) is 7.05 Å². The Labute approximate surface area is 156 Å². The molecule has 136 valence electrons. The molecule has 0 atom stereocenters. The molecule has 3 aromatic rings. The van der Waals surface area contributed by atoms with Gasteiger partial charge in [0.15, 0.2) is 11.0 Å². The topological polar surface area (TPSA) is 85.8 Å². The second kappa shape index (κ2) is 8.66. The summed E-state index contributed by atoms with van der Waals surface area (Å²) >= 11 is 1.53. The average molecular weight is 371 g/mol. The molecule has 0 saturated carbocycles. The van der Waals surface area contributed by atoms with Crippen molar-refractivity contribution in [3.05, 3.63) is 47.9 Å². The minimum atomic E-state index is 0.0168. The van der Waals surface area contributed by atoms with E-state index in [1.54, 1.807) is 0 Å². The van der Waals surface area contributed by atoms with Crippen LogP contribution in [0.4, 0.5) is 0 Å². The first kappa shape index (κ1) is 18.2. The van der Waals surface area contributed by atoms with E-state index in [2.05, 4.69) is 20.7 Å². The lowest BCUT2D eigenvalue weighted by molar-refractivity contribution is -0.120. The van der Waals surface area contributed by atoms with Crippen molar-refractivity contribution < 1.29 is 9.32 Å². The van der Waals surface area contributed by atoms with Gasteiger partial charge in [-0.3, -0.25) is 4.79 Å².